The lowest BCUT2D eigenvalue weighted by Gasteiger charge is -2.17. The molecule has 1 aliphatic rings. The van der Waals surface area contributed by atoms with Crippen LogP contribution in [0.25, 0.3) is 0 Å². The Hall–Kier alpha value is -2.97. The van der Waals surface area contributed by atoms with Crippen molar-refractivity contribution in [3.05, 3.63) is 46.9 Å². The van der Waals surface area contributed by atoms with Gasteiger partial charge in [0.05, 0.1) is 4.92 Å². The largest absolute Gasteiger partial charge is 0.365 e. The van der Waals surface area contributed by atoms with Crippen molar-refractivity contribution in [2.24, 2.45) is 0 Å². The average Bonchev–Trinajstić information content (AvgIpc) is 3.19. The molecule has 0 aromatic carbocycles. The van der Waals surface area contributed by atoms with Gasteiger partial charge in [0.15, 0.2) is 0 Å². The number of hydrogen-bond acceptors (Lipinski definition) is 6. The molecule has 1 fully saturated rings. The van der Waals surface area contributed by atoms with Gasteiger partial charge in [-0.1, -0.05) is 0 Å². The molecule has 0 saturated carbocycles. The van der Waals surface area contributed by atoms with Gasteiger partial charge >= 0.3 is 0 Å². The summed E-state index contributed by atoms with van der Waals surface area (Å²) in [5, 5.41) is 17.8. The number of aromatic nitrogens is 3. The number of anilines is 1. The van der Waals surface area contributed by atoms with Crippen molar-refractivity contribution in [3.8, 4) is 0 Å². The molecule has 0 unspecified atom stereocenters. The third-order valence-corrected chi connectivity index (χ3v) is 3.71. The highest BCUT2D eigenvalue weighted by molar-refractivity contribution is 5.76. The Balaban J connectivity index is 1.53. The molecule has 9 nitrogen and oxygen atoms in total. The predicted molar refractivity (Wildman–Crippen MR) is 81.7 cm³/mol. The molecule has 0 radical (unpaired) electrons. The van der Waals surface area contributed by atoms with Crippen LogP contribution in [0, 0.1) is 10.1 Å². The van der Waals surface area contributed by atoms with Crippen molar-refractivity contribution >= 4 is 17.4 Å². The Morgan fingerprint density at radius 1 is 1.48 bits per heavy atom. The van der Waals surface area contributed by atoms with Crippen LogP contribution in [-0.4, -0.2) is 49.6 Å². The van der Waals surface area contributed by atoms with E-state index in [2.05, 4.69) is 15.4 Å². The third kappa shape index (κ3) is 3.62. The van der Waals surface area contributed by atoms with Crippen LogP contribution in [0.4, 0.5) is 11.5 Å². The Morgan fingerprint density at radius 2 is 2.35 bits per heavy atom. The molecular formula is C14H16N6O3. The number of nitro groups is 1. The van der Waals surface area contributed by atoms with Crippen LogP contribution in [0.5, 0.6) is 0 Å². The number of carbonyl (C=O) groups excluding carboxylic acids is 1. The summed E-state index contributed by atoms with van der Waals surface area (Å²) in [5.74, 6) is 0.594. The molecule has 1 atom stereocenters. The van der Waals surface area contributed by atoms with Gasteiger partial charge in [0.25, 0.3) is 5.69 Å². The van der Waals surface area contributed by atoms with E-state index >= 15 is 0 Å². The lowest BCUT2D eigenvalue weighted by Crippen LogP contribution is -2.34. The number of nitrogens with zero attached hydrogens (tertiary/aromatic N) is 5. The molecule has 1 saturated heterocycles. The average molecular weight is 316 g/mol. The van der Waals surface area contributed by atoms with Crippen LogP contribution in [0.1, 0.15) is 6.42 Å². The van der Waals surface area contributed by atoms with Crippen molar-refractivity contribution < 1.29 is 9.72 Å². The number of rotatable bonds is 5. The van der Waals surface area contributed by atoms with Gasteiger partial charge < -0.3 is 10.2 Å². The Bertz CT molecular complexity index is 685. The summed E-state index contributed by atoms with van der Waals surface area (Å²) < 4.78 is 1.60. The van der Waals surface area contributed by atoms with Gasteiger partial charge in [0, 0.05) is 37.6 Å². The SMILES string of the molecule is O=C(Cn1cccn1)N1CC[C@@H](Nc2ccc([N+](=O)[O-])cn2)C1. The second-order valence-electron chi connectivity index (χ2n) is 5.33. The highest BCUT2D eigenvalue weighted by atomic mass is 16.6. The molecule has 1 N–H and O–H groups in total. The number of amides is 1. The summed E-state index contributed by atoms with van der Waals surface area (Å²) >= 11 is 0. The van der Waals surface area contributed by atoms with Crippen LogP contribution in [-0.2, 0) is 11.3 Å². The molecule has 3 rings (SSSR count). The third-order valence-electron chi connectivity index (χ3n) is 3.71. The topological polar surface area (TPSA) is 106 Å². The van der Waals surface area contributed by atoms with Gasteiger partial charge in [-0.05, 0) is 18.6 Å². The van der Waals surface area contributed by atoms with E-state index in [1.165, 1.54) is 12.3 Å². The summed E-state index contributed by atoms with van der Waals surface area (Å²) in [7, 11) is 0. The summed E-state index contributed by atoms with van der Waals surface area (Å²) in [5.41, 5.74) is -0.0435. The lowest BCUT2D eigenvalue weighted by molar-refractivity contribution is -0.385. The minimum atomic E-state index is -0.484. The summed E-state index contributed by atoms with van der Waals surface area (Å²) in [6.07, 6.45) is 5.42. The fraction of sp³-hybridized carbons (Fsp3) is 0.357. The molecule has 23 heavy (non-hydrogen) atoms. The molecule has 120 valence electrons. The van der Waals surface area contributed by atoms with Crippen LogP contribution in [0.15, 0.2) is 36.8 Å². The monoisotopic (exact) mass is 316 g/mol. The quantitative estimate of drug-likeness (QED) is 0.649. The number of nitrogens with one attached hydrogen (secondary N) is 1. The molecule has 1 aliphatic heterocycles. The molecule has 1 amide bonds. The van der Waals surface area contributed by atoms with Crippen LogP contribution in [0.2, 0.25) is 0 Å². The van der Waals surface area contributed by atoms with Crippen molar-refractivity contribution in [2.75, 3.05) is 18.4 Å². The first-order chi connectivity index (χ1) is 11.1. The van der Waals surface area contributed by atoms with Crippen molar-refractivity contribution in [2.45, 2.75) is 19.0 Å². The Kier molecular flexibility index (Phi) is 4.18. The molecule has 0 bridgehead atoms. The molecule has 2 aromatic rings. The Labute approximate surface area is 132 Å². The van der Waals surface area contributed by atoms with Crippen molar-refractivity contribution in [1.29, 1.82) is 0 Å². The smallest absolute Gasteiger partial charge is 0.287 e. The molecule has 2 aromatic heterocycles. The van der Waals surface area contributed by atoms with Gasteiger partial charge in [0.2, 0.25) is 5.91 Å². The predicted octanol–water partition coefficient (Wildman–Crippen LogP) is 0.899. The van der Waals surface area contributed by atoms with E-state index in [1.54, 1.807) is 34.1 Å². The molecule has 0 spiro atoms. The lowest BCUT2D eigenvalue weighted by atomic mass is 10.2. The first-order valence-electron chi connectivity index (χ1n) is 7.24. The van der Waals surface area contributed by atoms with E-state index in [9.17, 15) is 14.9 Å². The first kappa shape index (κ1) is 14.9. The van der Waals surface area contributed by atoms with E-state index in [-0.39, 0.29) is 24.2 Å². The molecule has 9 heteroatoms. The van der Waals surface area contributed by atoms with Crippen LogP contribution < -0.4 is 5.32 Å². The summed E-state index contributed by atoms with van der Waals surface area (Å²) in [4.78, 5) is 28.1. The maximum atomic E-state index is 12.2. The fourth-order valence-corrected chi connectivity index (χ4v) is 2.53. The maximum Gasteiger partial charge on any atom is 0.287 e. The number of hydrogen-bond donors (Lipinski definition) is 1. The highest BCUT2D eigenvalue weighted by Crippen LogP contribution is 2.17. The fourth-order valence-electron chi connectivity index (χ4n) is 2.53. The van der Waals surface area contributed by atoms with E-state index in [0.29, 0.717) is 18.9 Å². The van der Waals surface area contributed by atoms with Gasteiger partial charge in [0.1, 0.15) is 18.6 Å². The van der Waals surface area contributed by atoms with E-state index in [1.807, 2.05) is 0 Å². The zero-order chi connectivity index (χ0) is 16.2. The Morgan fingerprint density at radius 3 is 3.00 bits per heavy atom. The zero-order valence-electron chi connectivity index (χ0n) is 12.3. The summed E-state index contributed by atoms with van der Waals surface area (Å²) in [6, 6.07) is 4.85. The molecule has 3 heterocycles. The minimum Gasteiger partial charge on any atom is -0.365 e. The van der Waals surface area contributed by atoms with Crippen LogP contribution in [0.3, 0.4) is 0 Å². The maximum absolute atomic E-state index is 12.2. The minimum absolute atomic E-state index is 0.0228. The van der Waals surface area contributed by atoms with E-state index < -0.39 is 4.92 Å². The summed E-state index contributed by atoms with van der Waals surface area (Å²) in [6.45, 7) is 1.49. The van der Waals surface area contributed by atoms with Gasteiger partial charge in [-0.2, -0.15) is 5.10 Å². The van der Waals surface area contributed by atoms with E-state index in [0.717, 1.165) is 6.42 Å². The normalized spacial score (nSPS) is 17.2. The van der Waals surface area contributed by atoms with E-state index in [4.69, 9.17) is 0 Å². The van der Waals surface area contributed by atoms with Gasteiger partial charge in [-0.15, -0.1) is 0 Å². The molecule has 0 aliphatic carbocycles. The number of likely N-dealkylation sites (tertiary alicyclic amines) is 1. The number of carbonyl (C=O) groups is 1. The first-order valence-corrected chi connectivity index (χ1v) is 7.24. The van der Waals surface area contributed by atoms with Gasteiger partial charge in [-0.3, -0.25) is 19.6 Å². The van der Waals surface area contributed by atoms with Crippen molar-refractivity contribution in [1.82, 2.24) is 19.7 Å². The van der Waals surface area contributed by atoms with Gasteiger partial charge in [-0.25, -0.2) is 4.98 Å². The zero-order valence-corrected chi connectivity index (χ0v) is 12.3. The second kappa shape index (κ2) is 6.42. The van der Waals surface area contributed by atoms with Crippen LogP contribution >= 0.6 is 0 Å². The standard InChI is InChI=1S/C14H16N6O3/c21-14(10-19-6-1-5-16-19)18-7-4-11(9-18)17-13-3-2-12(8-15-13)20(22)23/h1-3,5-6,8,11H,4,7,9-10H2,(H,15,17)/t11-/m1/s1. The number of pyridine rings is 1. The van der Waals surface area contributed by atoms with Crippen molar-refractivity contribution in [3.63, 3.8) is 0 Å². The second-order valence-corrected chi connectivity index (χ2v) is 5.33. The highest BCUT2D eigenvalue weighted by Gasteiger charge is 2.26. The molecular weight excluding hydrogens is 300 g/mol.